The zero-order chi connectivity index (χ0) is 13.0. The molecule has 0 saturated heterocycles. The summed E-state index contributed by atoms with van der Waals surface area (Å²) in [5.41, 5.74) is 2.26. The molecule has 0 amide bonds. The van der Waals surface area contributed by atoms with E-state index >= 15 is 0 Å². The van der Waals surface area contributed by atoms with Crippen LogP contribution in [0.15, 0.2) is 34.3 Å². The van der Waals surface area contributed by atoms with Crippen molar-refractivity contribution in [3.05, 3.63) is 34.3 Å². The number of allylic oxidation sites excluding steroid dienone is 6. The second-order valence-electron chi connectivity index (χ2n) is 4.85. The summed E-state index contributed by atoms with van der Waals surface area (Å²) in [7, 11) is 0.133. The molecule has 0 fully saturated rings. The van der Waals surface area contributed by atoms with E-state index in [4.69, 9.17) is 11.6 Å². The molecular formula is C15H22ClPSe. The van der Waals surface area contributed by atoms with E-state index in [1.54, 1.807) is 4.47 Å². The first-order valence-electron chi connectivity index (χ1n) is 6.87. The van der Waals surface area contributed by atoms with Gasteiger partial charge in [0, 0.05) is 0 Å². The summed E-state index contributed by atoms with van der Waals surface area (Å²) in [6.07, 6.45) is 14.7. The van der Waals surface area contributed by atoms with Gasteiger partial charge in [-0.3, -0.25) is 0 Å². The normalized spacial score (nSPS) is 23.2. The molecule has 1 heterocycles. The van der Waals surface area contributed by atoms with E-state index in [1.165, 1.54) is 30.7 Å². The molecule has 3 heteroatoms. The van der Waals surface area contributed by atoms with Crippen molar-refractivity contribution < 1.29 is 0 Å². The standard InChI is InChI=1S/C15H22ClPSe/c1-3-8-17(9-4-2)13(11-16)15-10-12-6-5-7-14(12)18-15/h5-7,10,13,15H,3-4,8-9,11H2,1-2H3. The molecule has 0 bridgehead atoms. The van der Waals surface area contributed by atoms with Gasteiger partial charge in [0.2, 0.25) is 0 Å². The second kappa shape index (κ2) is 7.30. The number of hydrogen-bond acceptors (Lipinski definition) is 0. The fourth-order valence-electron chi connectivity index (χ4n) is 2.62. The first-order valence-corrected chi connectivity index (χ1v) is 11.0. The summed E-state index contributed by atoms with van der Waals surface area (Å²) in [5.74, 6) is 0.860. The van der Waals surface area contributed by atoms with E-state index in [1.807, 2.05) is 0 Å². The molecule has 1 aliphatic carbocycles. The SMILES string of the molecule is CCCP(CCC)C(CCl)C1C=C2C=CC=C2[Se]1. The van der Waals surface area contributed by atoms with E-state index < -0.39 is 0 Å². The Hall–Kier alpha value is 0.459. The Morgan fingerprint density at radius 2 is 2.06 bits per heavy atom. The van der Waals surface area contributed by atoms with Crippen LogP contribution >= 0.6 is 19.5 Å². The molecule has 2 atom stereocenters. The Morgan fingerprint density at radius 1 is 1.33 bits per heavy atom. The van der Waals surface area contributed by atoms with Gasteiger partial charge in [-0.15, -0.1) is 0 Å². The van der Waals surface area contributed by atoms with Crippen LogP contribution in [-0.2, 0) is 0 Å². The first-order chi connectivity index (χ1) is 8.80. The van der Waals surface area contributed by atoms with E-state index in [-0.39, 0.29) is 7.92 Å². The number of halogens is 1. The summed E-state index contributed by atoms with van der Waals surface area (Å²) in [6.45, 7) is 4.63. The van der Waals surface area contributed by atoms with Gasteiger partial charge < -0.3 is 0 Å². The Labute approximate surface area is 124 Å². The zero-order valence-corrected chi connectivity index (χ0v) is 14.6. The van der Waals surface area contributed by atoms with Gasteiger partial charge in [-0.25, -0.2) is 0 Å². The van der Waals surface area contributed by atoms with Crippen LogP contribution in [0, 0.1) is 0 Å². The molecule has 0 N–H and O–H groups in total. The quantitative estimate of drug-likeness (QED) is 0.353. The topological polar surface area (TPSA) is 0 Å². The van der Waals surface area contributed by atoms with Crippen LogP contribution in [0.25, 0.3) is 0 Å². The zero-order valence-electron chi connectivity index (χ0n) is 11.2. The third-order valence-electron chi connectivity index (χ3n) is 3.44. The molecule has 0 aromatic heterocycles. The van der Waals surface area contributed by atoms with Crippen LogP contribution in [0.1, 0.15) is 26.7 Å². The average Bonchev–Trinajstić information content (AvgIpc) is 2.91. The molecule has 2 rings (SSSR count). The van der Waals surface area contributed by atoms with Gasteiger partial charge >= 0.3 is 124 Å². The molecule has 0 nitrogen and oxygen atoms in total. The molecule has 100 valence electrons. The molecule has 0 aromatic rings. The number of rotatable bonds is 7. The third kappa shape index (κ3) is 3.31. The van der Waals surface area contributed by atoms with Crippen molar-refractivity contribution >= 4 is 34.5 Å². The molecular weight excluding hydrogens is 326 g/mol. The Bertz CT molecular complexity index is 367. The monoisotopic (exact) mass is 348 g/mol. The van der Waals surface area contributed by atoms with Crippen LogP contribution in [-0.4, -0.2) is 38.8 Å². The van der Waals surface area contributed by atoms with Crippen molar-refractivity contribution in [2.75, 3.05) is 18.2 Å². The van der Waals surface area contributed by atoms with Crippen molar-refractivity contribution in [3.63, 3.8) is 0 Å². The summed E-state index contributed by atoms with van der Waals surface area (Å²) in [6, 6.07) is 0. The van der Waals surface area contributed by atoms with Crippen molar-refractivity contribution in [1.29, 1.82) is 0 Å². The van der Waals surface area contributed by atoms with Crippen molar-refractivity contribution in [1.82, 2.24) is 0 Å². The Morgan fingerprint density at radius 3 is 2.61 bits per heavy atom. The Balaban J connectivity index is 2.06. The van der Waals surface area contributed by atoms with Crippen molar-refractivity contribution in [2.45, 2.75) is 37.2 Å². The van der Waals surface area contributed by atoms with Crippen LogP contribution in [0.4, 0.5) is 0 Å². The third-order valence-corrected chi connectivity index (χ3v) is 10.8. The molecule has 0 aromatic carbocycles. The average molecular weight is 348 g/mol. The number of hydrogen-bond donors (Lipinski definition) is 0. The van der Waals surface area contributed by atoms with Crippen molar-refractivity contribution in [3.8, 4) is 0 Å². The summed E-state index contributed by atoms with van der Waals surface area (Å²) >= 11 is 6.96. The van der Waals surface area contributed by atoms with E-state index in [2.05, 4.69) is 38.2 Å². The fraction of sp³-hybridized carbons (Fsp3) is 0.600. The minimum atomic E-state index is 0.133. The van der Waals surface area contributed by atoms with Gasteiger partial charge in [0.15, 0.2) is 0 Å². The fourth-order valence-corrected chi connectivity index (χ4v) is 10.3. The van der Waals surface area contributed by atoms with Gasteiger partial charge in [0.1, 0.15) is 0 Å². The van der Waals surface area contributed by atoms with Gasteiger partial charge in [-0.2, -0.15) is 0 Å². The van der Waals surface area contributed by atoms with Crippen molar-refractivity contribution in [2.24, 2.45) is 0 Å². The van der Waals surface area contributed by atoms with Crippen LogP contribution in [0.5, 0.6) is 0 Å². The predicted molar refractivity (Wildman–Crippen MR) is 86.6 cm³/mol. The van der Waals surface area contributed by atoms with E-state index in [0.717, 1.165) is 16.4 Å². The maximum absolute atomic E-state index is 6.33. The van der Waals surface area contributed by atoms with Gasteiger partial charge in [-0.05, 0) is 0 Å². The molecule has 18 heavy (non-hydrogen) atoms. The van der Waals surface area contributed by atoms with Gasteiger partial charge in [-0.1, -0.05) is 0 Å². The predicted octanol–water partition coefficient (Wildman–Crippen LogP) is 4.78. The second-order valence-corrected chi connectivity index (χ2v) is 10.5. The van der Waals surface area contributed by atoms with Gasteiger partial charge in [0.25, 0.3) is 0 Å². The van der Waals surface area contributed by atoms with Crippen LogP contribution in [0.2, 0.25) is 4.82 Å². The minimum absolute atomic E-state index is 0.133. The maximum atomic E-state index is 6.33. The molecule has 1 aliphatic heterocycles. The summed E-state index contributed by atoms with van der Waals surface area (Å²) in [4.78, 5) is 0.769. The molecule has 2 unspecified atom stereocenters. The molecule has 0 radical (unpaired) electrons. The summed E-state index contributed by atoms with van der Waals surface area (Å²) in [5, 5.41) is 0. The molecule has 0 spiro atoms. The molecule has 2 aliphatic rings. The Kier molecular flexibility index (Phi) is 6.02. The molecule has 0 saturated carbocycles. The first kappa shape index (κ1) is 14.9. The van der Waals surface area contributed by atoms with E-state index in [0.29, 0.717) is 15.0 Å². The van der Waals surface area contributed by atoms with E-state index in [9.17, 15) is 0 Å². The summed E-state index contributed by atoms with van der Waals surface area (Å²) < 4.78 is 1.60. The number of alkyl halides is 1. The van der Waals surface area contributed by atoms with Crippen LogP contribution in [0.3, 0.4) is 0 Å². The van der Waals surface area contributed by atoms with Crippen LogP contribution < -0.4 is 0 Å². The number of fused-ring (bicyclic) bond motifs is 1. The van der Waals surface area contributed by atoms with Gasteiger partial charge in [0.05, 0.1) is 0 Å².